The highest BCUT2D eigenvalue weighted by Crippen LogP contribution is 2.26. The van der Waals surface area contributed by atoms with Crippen molar-refractivity contribution in [3.8, 4) is 22.7 Å². The molecule has 0 radical (unpaired) electrons. The lowest BCUT2D eigenvalue weighted by Gasteiger charge is -2.05. The van der Waals surface area contributed by atoms with Crippen LogP contribution in [0.3, 0.4) is 0 Å². The first-order valence-corrected chi connectivity index (χ1v) is 8.11. The Hall–Kier alpha value is -3.15. The van der Waals surface area contributed by atoms with Gasteiger partial charge >= 0.3 is 0 Å². The summed E-state index contributed by atoms with van der Waals surface area (Å²) in [6.07, 6.45) is 1.94. The van der Waals surface area contributed by atoms with Crippen LogP contribution in [0.1, 0.15) is 18.3 Å². The zero-order chi connectivity index (χ0) is 17.8. The van der Waals surface area contributed by atoms with Gasteiger partial charge < -0.3 is 10.5 Å². The van der Waals surface area contributed by atoms with E-state index in [0.717, 1.165) is 22.6 Å². The van der Waals surface area contributed by atoms with E-state index < -0.39 is 5.91 Å². The van der Waals surface area contributed by atoms with Gasteiger partial charge in [-0.15, -0.1) is 0 Å². The van der Waals surface area contributed by atoms with E-state index in [0.29, 0.717) is 18.1 Å². The van der Waals surface area contributed by atoms with Crippen molar-refractivity contribution < 1.29 is 9.53 Å². The maximum atomic E-state index is 11.4. The van der Waals surface area contributed by atoms with Crippen molar-refractivity contribution in [3.63, 3.8) is 0 Å². The van der Waals surface area contributed by atoms with Gasteiger partial charge in [-0.3, -0.25) is 4.79 Å². The minimum atomic E-state index is -0.422. The van der Waals surface area contributed by atoms with E-state index in [1.807, 2.05) is 62.5 Å². The molecule has 3 rings (SSSR count). The lowest BCUT2D eigenvalue weighted by molar-refractivity contribution is -0.117. The molecular formula is C19H20N4O2. The molecule has 0 spiro atoms. The van der Waals surface area contributed by atoms with Crippen molar-refractivity contribution in [3.05, 3.63) is 60.0 Å². The Kier molecular flexibility index (Phi) is 4.79. The molecule has 0 aliphatic heterocycles. The van der Waals surface area contributed by atoms with E-state index >= 15 is 0 Å². The molecule has 128 valence electrons. The number of aryl methyl sites for hydroxylation is 1. The van der Waals surface area contributed by atoms with Gasteiger partial charge in [0.15, 0.2) is 5.82 Å². The lowest BCUT2D eigenvalue weighted by atomic mass is 10.0. The third-order valence-electron chi connectivity index (χ3n) is 3.72. The monoisotopic (exact) mass is 336 g/mol. The summed E-state index contributed by atoms with van der Waals surface area (Å²) >= 11 is 0. The van der Waals surface area contributed by atoms with Gasteiger partial charge in [0.25, 0.3) is 0 Å². The molecule has 3 aromatic rings. The number of hydrogen-bond donors (Lipinski definition) is 1. The minimum Gasteiger partial charge on any atom is -0.494 e. The molecular weight excluding hydrogens is 316 g/mol. The average Bonchev–Trinajstić information content (AvgIpc) is 2.99. The summed E-state index contributed by atoms with van der Waals surface area (Å²) in [6, 6.07) is 13.4. The van der Waals surface area contributed by atoms with Crippen molar-refractivity contribution in [1.29, 1.82) is 0 Å². The summed E-state index contributed by atoms with van der Waals surface area (Å²) < 4.78 is 7.15. The Bertz CT molecular complexity index is 885. The Balaban J connectivity index is 2.03. The number of carbonyl (C=O) groups is 1. The van der Waals surface area contributed by atoms with Gasteiger partial charge in [0.1, 0.15) is 5.75 Å². The smallest absolute Gasteiger partial charge is 0.223 e. The molecule has 1 amide bonds. The summed E-state index contributed by atoms with van der Waals surface area (Å²) in [7, 11) is 0. The molecule has 0 aliphatic rings. The molecule has 0 saturated heterocycles. The molecule has 0 atom stereocenters. The van der Waals surface area contributed by atoms with E-state index in [4.69, 9.17) is 10.5 Å². The fourth-order valence-corrected chi connectivity index (χ4v) is 2.62. The number of ether oxygens (including phenoxy) is 1. The lowest BCUT2D eigenvalue weighted by Crippen LogP contribution is -2.14. The van der Waals surface area contributed by atoms with Gasteiger partial charge in [-0.1, -0.05) is 18.2 Å². The molecule has 6 nitrogen and oxygen atoms in total. The number of hydrogen-bond acceptors (Lipinski definition) is 4. The zero-order valence-corrected chi connectivity index (χ0v) is 14.3. The number of primary amides is 1. The van der Waals surface area contributed by atoms with Crippen molar-refractivity contribution in [2.24, 2.45) is 5.73 Å². The number of nitrogens with zero attached hydrogens (tertiary/aromatic N) is 3. The average molecular weight is 336 g/mol. The third kappa shape index (κ3) is 3.85. The normalized spacial score (nSPS) is 10.6. The second-order valence-corrected chi connectivity index (χ2v) is 5.67. The molecule has 0 bridgehead atoms. The molecule has 2 N–H and O–H groups in total. The fourth-order valence-electron chi connectivity index (χ4n) is 2.62. The molecule has 6 heteroatoms. The molecule has 25 heavy (non-hydrogen) atoms. The summed E-state index contributed by atoms with van der Waals surface area (Å²) in [5, 5.41) is 4.52. The number of aromatic nitrogens is 3. The van der Waals surface area contributed by atoms with Crippen molar-refractivity contribution in [2.45, 2.75) is 20.3 Å². The highest BCUT2D eigenvalue weighted by Gasteiger charge is 2.15. The predicted molar refractivity (Wildman–Crippen MR) is 95.6 cm³/mol. The quantitative estimate of drug-likeness (QED) is 0.750. The highest BCUT2D eigenvalue weighted by molar-refractivity contribution is 5.79. The minimum absolute atomic E-state index is 0.0708. The number of rotatable bonds is 6. The molecule has 0 saturated carbocycles. The number of nitrogens with two attached hydrogens (primary N) is 1. The Morgan fingerprint density at radius 1 is 1.20 bits per heavy atom. The number of benzene rings is 1. The van der Waals surface area contributed by atoms with Crippen LogP contribution < -0.4 is 10.5 Å². The zero-order valence-electron chi connectivity index (χ0n) is 14.3. The second kappa shape index (κ2) is 7.17. The van der Waals surface area contributed by atoms with E-state index in [9.17, 15) is 4.79 Å². The topological polar surface area (TPSA) is 83.0 Å². The largest absolute Gasteiger partial charge is 0.494 e. The number of amides is 1. The van der Waals surface area contributed by atoms with Gasteiger partial charge in [-0.25, -0.2) is 9.67 Å². The van der Waals surface area contributed by atoms with E-state index in [1.165, 1.54) is 0 Å². The first-order chi connectivity index (χ1) is 12.1. The maximum absolute atomic E-state index is 11.4. The van der Waals surface area contributed by atoms with Crippen molar-refractivity contribution >= 4 is 5.91 Å². The van der Waals surface area contributed by atoms with Crippen molar-refractivity contribution in [2.75, 3.05) is 6.61 Å². The fraction of sp³-hybridized carbons (Fsp3) is 0.211. The molecule has 0 aliphatic carbocycles. The van der Waals surface area contributed by atoms with E-state index in [1.54, 1.807) is 4.68 Å². The van der Waals surface area contributed by atoms with E-state index in [2.05, 4.69) is 10.1 Å². The molecule has 2 aromatic heterocycles. The molecule has 0 fully saturated rings. The Morgan fingerprint density at radius 3 is 2.60 bits per heavy atom. The van der Waals surface area contributed by atoms with Gasteiger partial charge in [0, 0.05) is 17.5 Å². The van der Waals surface area contributed by atoms with Gasteiger partial charge in [0.2, 0.25) is 5.91 Å². The van der Waals surface area contributed by atoms with Crippen LogP contribution in [0, 0.1) is 6.92 Å². The van der Waals surface area contributed by atoms with Gasteiger partial charge in [-0.05, 0) is 43.7 Å². The van der Waals surface area contributed by atoms with Crippen LogP contribution in [-0.2, 0) is 11.2 Å². The second-order valence-electron chi connectivity index (χ2n) is 5.67. The van der Waals surface area contributed by atoms with Gasteiger partial charge in [0.05, 0.1) is 18.7 Å². The first-order valence-electron chi connectivity index (χ1n) is 8.11. The highest BCUT2D eigenvalue weighted by atomic mass is 16.5. The Labute approximate surface area is 146 Å². The van der Waals surface area contributed by atoms with E-state index in [-0.39, 0.29) is 6.42 Å². The SMILES string of the molecule is CCOc1ccc(-c2cn(-c3cccc(C)n3)nc2CC(N)=O)cc1. The standard InChI is InChI=1S/C19H20N4O2/c1-3-25-15-9-7-14(8-10-15)16-12-23(22-17(16)11-18(20)24)19-6-4-5-13(2)21-19/h4-10,12H,3,11H2,1-2H3,(H2,20,24). The summed E-state index contributed by atoms with van der Waals surface area (Å²) in [5.41, 5.74) is 8.70. The van der Waals surface area contributed by atoms with Crippen LogP contribution in [-0.4, -0.2) is 27.3 Å². The molecule has 1 aromatic carbocycles. The molecule has 0 unspecified atom stereocenters. The number of pyridine rings is 1. The summed E-state index contributed by atoms with van der Waals surface area (Å²) in [4.78, 5) is 15.9. The maximum Gasteiger partial charge on any atom is 0.223 e. The first kappa shape index (κ1) is 16.7. The van der Waals surface area contributed by atoms with Crippen LogP contribution in [0.2, 0.25) is 0 Å². The molecule has 2 heterocycles. The predicted octanol–water partition coefficient (Wildman–Crippen LogP) is 2.67. The summed E-state index contributed by atoms with van der Waals surface area (Å²) in [5.74, 6) is 1.08. The third-order valence-corrected chi connectivity index (χ3v) is 3.72. The Morgan fingerprint density at radius 2 is 1.96 bits per heavy atom. The van der Waals surface area contributed by atoms with Crippen LogP contribution in [0.15, 0.2) is 48.7 Å². The number of carbonyl (C=O) groups excluding carboxylic acids is 1. The van der Waals surface area contributed by atoms with Crippen LogP contribution in [0.5, 0.6) is 5.75 Å². The van der Waals surface area contributed by atoms with Crippen LogP contribution >= 0.6 is 0 Å². The van der Waals surface area contributed by atoms with Gasteiger partial charge in [-0.2, -0.15) is 5.10 Å². The van der Waals surface area contributed by atoms with Crippen molar-refractivity contribution in [1.82, 2.24) is 14.8 Å². The van der Waals surface area contributed by atoms with Crippen LogP contribution in [0.4, 0.5) is 0 Å². The summed E-state index contributed by atoms with van der Waals surface area (Å²) in [6.45, 7) is 4.48. The van der Waals surface area contributed by atoms with Crippen LogP contribution in [0.25, 0.3) is 16.9 Å².